The van der Waals surface area contributed by atoms with Crippen molar-refractivity contribution in [1.82, 2.24) is 30.4 Å². The number of nitrogens with zero attached hydrogens (tertiary/aromatic N) is 5. The van der Waals surface area contributed by atoms with Gasteiger partial charge in [0.05, 0.1) is 20.3 Å². The number of hydrogen-bond acceptors (Lipinski definition) is 8. The van der Waals surface area contributed by atoms with Crippen LogP contribution in [-0.4, -0.2) is 70.4 Å². The molecule has 2 amide bonds. The largest absolute Gasteiger partial charge is 0.493 e. The van der Waals surface area contributed by atoms with E-state index in [1.165, 1.54) is 43.4 Å². The lowest BCUT2D eigenvalue weighted by Crippen LogP contribution is -2.46. The van der Waals surface area contributed by atoms with E-state index in [0.29, 0.717) is 39.8 Å². The Kier molecular flexibility index (Phi) is 10.0. The van der Waals surface area contributed by atoms with Crippen LogP contribution in [0.4, 0.5) is 4.39 Å². The molecule has 0 spiro atoms. The lowest BCUT2D eigenvalue weighted by atomic mass is 10.0. The molecule has 3 aromatic carbocycles. The average molecular weight is 623 g/mol. The lowest BCUT2D eigenvalue weighted by molar-refractivity contribution is -0.142. The van der Waals surface area contributed by atoms with Crippen LogP contribution in [0, 0.1) is 5.82 Å². The maximum absolute atomic E-state index is 14.0. The van der Waals surface area contributed by atoms with Gasteiger partial charge in [0.15, 0.2) is 11.5 Å². The van der Waals surface area contributed by atoms with Gasteiger partial charge in [-0.1, -0.05) is 41.9 Å². The summed E-state index contributed by atoms with van der Waals surface area (Å²) in [6, 6.07) is 16.6. The first-order valence-corrected chi connectivity index (χ1v) is 14.4. The summed E-state index contributed by atoms with van der Waals surface area (Å²) in [5, 5.41) is 15.9. The number of tetrazole rings is 1. The van der Waals surface area contributed by atoms with Gasteiger partial charge in [-0.15, -0.1) is 10.2 Å². The summed E-state index contributed by atoms with van der Waals surface area (Å²) in [6.45, 7) is 0.575. The monoisotopic (exact) mass is 622 g/mol. The predicted octanol–water partition coefficient (Wildman–Crippen LogP) is 4.22. The van der Waals surface area contributed by atoms with Crippen LogP contribution in [0.25, 0.3) is 11.4 Å². The van der Waals surface area contributed by atoms with Crippen LogP contribution in [-0.2, 0) is 27.4 Å². The molecule has 5 rings (SSSR count). The minimum atomic E-state index is -1.12. The highest BCUT2D eigenvalue weighted by atomic mass is 35.5. The number of aromatic nitrogens is 4. The standard InChI is InChI=1S/C31H32ClFN6O5/c1-42-26-14-11-21(16-27(26)43-2)30-35-37-39(36-30)19-28(40)38(18-22-6-3-4-8-25(22)32)29(20-9-12-23(33)13-10-20)31(41)34-17-24-7-5-15-44-24/h3-4,6,8-14,16,24,29H,5,7,15,17-19H2,1-2H3,(H,34,41)/t24-,29-/m1/s1. The molecule has 230 valence electrons. The summed E-state index contributed by atoms with van der Waals surface area (Å²) in [6.07, 6.45) is 1.62. The molecule has 0 radical (unpaired) electrons. The highest BCUT2D eigenvalue weighted by molar-refractivity contribution is 6.31. The molecule has 1 aliphatic heterocycles. The maximum atomic E-state index is 14.0. The second kappa shape index (κ2) is 14.3. The Hall–Kier alpha value is -4.55. The highest BCUT2D eigenvalue weighted by Gasteiger charge is 2.33. The summed E-state index contributed by atoms with van der Waals surface area (Å²) in [5.74, 6) is -0.0995. The first-order valence-electron chi connectivity index (χ1n) is 14.0. The van der Waals surface area contributed by atoms with Crippen LogP contribution in [0.5, 0.6) is 11.5 Å². The van der Waals surface area contributed by atoms with Gasteiger partial charge >= 0.3 is 0 Å². The van der Waals surface area contributed by atoms with Gasteiger partial charge in [0.1, 0.15) is 18.4 Å². The van der Waals surface area contributed by atoms with Gasteiger partial charge < -0.3 is 24.4 Å². The van der Waals surface area contributed by atoms with E-state index in [2.05, 4.69) is 20.7 Å². The molecule has 0 aliphatic carbocycles. The van der Waals surface area contributed by atoms with Gasteiger partial charge in [0, 0.05) is 30.3 Å². The zero-order valence-electron chi connectivity index (χ0n) is 24.3. The number of amides is 2. The zero-order chi connectivity index (χ0) is 31.1. The Morgan fingerprint density at radius 3 is 2.59 bits per heavy atom. The van der Waals surface area contributed by atoms with E-state index in [0.717, 1.165) is 17.6 Å². The topological polar surface area (TPSA) is 121 Å². The number of rotatable bonds is 12. The van der Waals surface area contributed by atoms with Crippen LogP contribution in [0.15, 0.2) is 66.7 Å². The summed E-state index contributed by atoms with van der Waals surface area (Å²) in [5.41, 5.74) is 1.65. The molecule has 4 aromatic rings. The van der Waals surface area contributed by atoms with Crippen molar-refractivity contribution in [3.05, 3.63) is 88.7 Å². The maximum Gasteiger partial charge on any atom is 0.247 e. The quantitative estimate of drug-likeness (QED) is 0.249. The van der Waals surface area contributed by atoms with Crippen LogP contribution in [0.1, 0.15) is 30.0 Å². The molecular formula is C31H32ClFN6O5. The summed E-state index contributed by atoms with van der Waals surface area (Å²) in [4.78, 5) is 30.4. The van der Waals surface area contributed by atoms with E-state index in [4.69, 9.17) is 25.8 Å². The lowest BCUT2D eigenvalue weighted by Gasteiger charge is -2.32. The Bertz CT molecular complexity index is 1590. The van der Waals surface area contributed by atoms with Crippen molar-refractivity contribution in [3.8, 4) is 22.9 Å². The van der Waals surface area contributed by atoms with E-state index in [-0.39, 0.29) is 31.6 Å². The van der Waals surface area contributed by atoms with Gasteiger partial charge in [-0.3, -0.25) is 9.59 Å². The van der Waals surface area contributed by atoms with Crippen LogP contribution >= 0.6 is 11.6 Å². The number of carbonyl (C=O) groups excluding carboxylic acids is 2. The molecule has 11 nitrogen and oxygen atoms in total. The third-order valence-corrected chi connectivity index (χ3v) is 7.63. The van der Waals surface area contributed by atoms with E-state index < -0.39 is 23.7 Å². The number of hydrogen-bond donors (Lipinski definition) is 1. The molecule has 0 unspecified atom stereocenters. The molecule has 13 heteroatoms. The minimum absolute atomic E-state index is 0.00880. The first kappa shape index (κ1) is 30.9. The van der Waals surface area contributed by atoms with Gasteiger partial charge in [-0.05, 0) is 65.6 Å². The van der Waals surface area contributed by atoms with Crippen molar-refractivity contribution < 1.29 is 28.2 Å². The van der Waals surface area contributed by atoms with E-state index >= 15 is 0 Å². The molecule has 1 aliphatic rings. The highest BCUT2D eigenvalue weighted by Crippen LogP contribution is 2.31. The summed E-state index contributed by atoms with van der Waals surface area (Å²) < 4.78 is 30.3. The zero-order valence-corrected chi connectivity index (χ0v) is 25.0. The number of ether oxygens (including phenoxy) is 3. The fraction of sp³-hybridized carbons (Fsp3) is 0.323. The summed E-state index contributed by atoms with van der Waals surface area (Å²) >= 11 is 6.49. The third kappa shape index (κ3) is 7.32. The van der Waals surface area contributed by atoms with Crippen molar-refractivity contribution in [2.75, 3.05) is 27.4 Å². The summed E-state index contributed by atoms with van der Waals surface area (Å²) in [7, 11) is 3.06. The molecular weight excluding hydrogens is 591 g/mol. The van der Waals surface area contributed by atoms with Crippen LogP contribution in [0.2, 0.25) is 5.02 Å². The van der Waals surface area contributed by atoms with Crippen molar-refractivity contribution in [2.45, 2.75) is 38.1 Å². The predicted molar refractivity (Wildman–Crippen MR) is 159 cm³/mol. The first-order chi connectivity index (χ1) is 21.4. The molecule has 1 N–H and O–H groups in total. The molecule has 2 heterocycles. The average Bonchev–Trinajstić information content (AvgIpc) is 3.74. The Labute approximate surface area is 258 Å². The van der Waals surface area contributed by atoms with Gasteiger partial charge in [0.25, 0.3) is 0 Å². The van der Waals surface area contributed by atoms with Crippen LogP contribution < -0.4 is 14.8 Å². The molecule has 1 fully saturated rings. The molecule has 0 saturated carbocycles. The Balaban J connectivity index is 1.45. The van der Waals surface area contributed by atoms with Crippen molar-refractivity contribution in [2.24, 2.45) is 0 Å². The minimum Gasteiger partial charge on any atom is -0.493 e. The van der Waals surface area contributed by atoms with E-state index in [9.17, 15) is 14.0 Å². The van der Waals surface area contributed by atoms with Crippen molar-refractivity contribution in [1.29, 1.82) is 0 Å². The van der Waals surface area contributed by atoms with Crippen LogP contribution in [0.3, 0.4) is 0 Å². The molecule has 1 aromatic heterocycles. The fourth-order valence-corrected chi connectivity index (χ4v) is 5.18. The molecule has 44 heavy (non-hydrogen) atoms. The molecule has 0 bridgehead atoms. The normalized spacial score (nSPS) is 15.0. The van der Waals surface area contributed by atoms with Crippen molar-refractivity contribution in [3.63, 3.8) is 0 Å². The molecule has 2 atom stereocenters. The second-order valence-corrected chi connectivity index (χ2v) is 10.6. The Morgan fingerprint density at radius 2 is 1.89 bits per heavy atom. The SMILES string of the molecule is COc1ccc(-c2nnn(CC(=O)N(Cc3ccccc3Cl)[C@@H](C(=O)NC[C@H]3CCCO3)c3ccc(F)cc3)n2)cc1OC. The fourth-order valence-electron chi connectivity index (χ4n) is 4.98. The number of methoxy groups -OCH3 is 2. The van der Waals surface area contributed by atoms with E-state index in [1.54, 1.807) is 42.5 Å². The number of halogens is 2. The van der Waals surface area contributed by atoms with Gasteiger partial charge in [0.2, 0.25) is 17.6 Å². The van der Waals surface area contributed by atoms with Crippen molar-refractivity contribution >= 4 is 23.4 Å². The number of carbonyl (C=O) groups is 2. The number of benzene rings is 3. The number of nitrogens with one attached hydrogen (secondary N) is 1. The van der Waals surface area contributed by atoms with Gasteiger partial charge in [-0.25, -0.2) is 4.39 Å². The second-order valence-electron chi connectivity index (χ2n) is 10.2. The van der Waals surface area contributed by atoms with E-state index in [1.807, 2.05) is 0 Å². The van der Waals surface area contributed by atoms with Gasteiger partial charge in [-0.2, -0.15) is 4.80 Å². The third-order valence-electron chi connectivity index (χ3n) is 7.26. The smallest absolute Gasteiger partial charge is 0.247 e. The Morgan fingerprint density at radius 1 is 1.11 bits per heavy atom. The molecule has 1 saturated heterocycles.